The summed E-state index contributed by atoms with van der Waals surface area (Å²) in [5.41, 5.74) is 4.63. The van der Waals surface area contributed by atoms with Crippen molar-refractivity contribution in [2.24, 2.45) is 0 Å². The van der Waals surface area contributed by atoms with E-state index in [1.54, 1.807) is 23.1 Å². The predicted octanol–water partition coefficient (Wildman–Crippen LogP) is 7.93. The van der Waals surface area contributed by atoms with Crippen molar-refractivity contribution in [3.8, 4) is 11.1 Å². The second-order valence-corrected chi connectivity index (χ2v) is 12.8. The van der Waals surface area contributed by atoms with Crippen LogP contribution in [-0.4, -0.2) is 53.6 Å². The molecule has 1 N–H and O–H groups in total. The second kappa shape index (κ2) is 12.0. The van der Waals surface area contributed by atoms with E-state index >= 15 is 0 Å². The maximum Gasteiger partial charge on any atom is 0.410 e. The monoisotopic (exact) mass is 604 g/mol. The van der Waals surface area contributed by atoms with Gasteiger partial charge in [0.15, 0.2) is 5.69 Å². The molecule has 218 valence electrons. The summed E-state index contributed by atoms with van der Waals surface area (Å²) >= 11 is 12.3. The maximum atomic E-state index is 13.3. The minimum atomic E-state index is -0.571. The van der Waals surface area contributed by atoms with E-state index < -0.39 is 11.1 Å². The largest absolute Gasteiger partial charge is 0.444 e. The van der Waals surface area contributed by atoms with Gasteiger partial charge in [0.25, 0.3) is 0 Å². The van der Waals surface area contributed by atoms with Gasteiger partial charge in [0.2, 0.25) is 5.91 Å². The first kappa shape index (κ1) is 29.9. The lowest BCUT2D eigenvalue weighted by Crippen LogP contribution is -2.58. The number of rotatable bonds is 4. The van der Waals surface area contributed by atoms with Crippen LogP contribution >= 0.6 is 23.2 Å². The van der Waals surface area contributed by atoms with Crippen LogP contribution in [-0.2, 0) is 21.5 Å². The molecule has 0 radical (unpaired) electrons. The first-order valence-corrected chi connectivity index (χ1v) is 14.8. The zero-order valence-electron chi connectivity index (χ0n) is 24.0. The summed E-state index contributed by atoms with van der Waals surface area (Å²) < 4.78 is 5.65. The van der Waals surface area contributed by atoms with Crippen molar-refractivity contribution in [3.63, 3.8) is 0 Å². The van der Waals surface area contributed by atoms with Crippen molar-refractivity contribution in [2.75, 3.05) is 31.5 Å². The molecule has 2 aliphatic rings. The van der Waals surface area contributed by atoms with Crippen molar-refractivity contribution in [3.05, 3.63) is 93.3 Å². The fraction of sp³-hybridized carbons (Fsp3) is 0.364. The van der Waals surface area contributed by atoms with Gasteiger partial charge < -0.3 is 15.0 Å². The molecule has 0 bridgehead atoms. The van der Waals surface area contributed by atoms with Gasteiger partial charge in [-0.1, -0.05) is 59.6 Å². The maximum absolute atomic E-state index is 13.3. The zero-order valence-corrected chi connectivity index (χ0v) is 25.6. The number of nitrogens with zero attached hydrogens (tertiary/aromatic N) is 3. The van der Waals surface area contributed by atoms with Gasteiger partial charge in [-0.05, 0) is 86.6 Å². The van der Waals surface area contributed by atoms with Crippen molar-refractivity contribution in [1.29, 1.82) is 0 Å². The van der Waals surface area contributed by atoms with Gasteiger partial charge >= 0.3 is 6.09 Å². The molecule has 0 aromatic heterocycles. The second-order valence-electron chi connectivity index (χ2n) is 11.9. The van der Waals surface area contributed by atoms with E-state index in [0.717, 1.165) is 17.5 Å². The Balaban J connectivity index is 1.44. The average Bonchev–Trinajstić information content (AvgIpc) is 2.93. The van der Waals surface area contributed by atoms with Gasteiger partial charge in [-0.3, -0.25) is 9.69 Å². The molecular formula is C33H34Cl2N4O3. The summed E-state index contributed by atoms with van der Waals surface area (Å²) in [6, 6.07) is 19.1. The Morgan fingerprint density at radius 3 is 2.33 bits per heavy atom. The molecule has 5 rings (SSSR count). The number of hydrogen-bond acceptors (Lipinski definition) is 4. The lowest BCUT2D eigenvalue weighted by Gasteiger charge is -2.52. The van der Waals surface area contributed by atoms with Gasteiger partial charge in [0.1, 0.15) is 5.60 Å². The minimum absolute atomic E-state index is 0.154. The number of fused-ring (bicyclic) bond motifs is 2. The van der Waals surface area contributed by atoms with Gasteiger partial charge in [-0.25, -0.2) is 9.64 Å². The highest BCUT2D eigenvalue weighted by atomic mass is 35.5. The summed E-state index contributed by atoms with van der Waals surface area (Å²) in [5.74, 6) is -0.154. The molecule has 2 aliphatic heterocycles. The highest BCUT2D eigenvalue weighted by Crippen LogP contribution is 2.45. The normalized spacial score (nSPS) is 16.4. The Morgan fingerprint density at radius 2 is 1.67 bits per heavy atom. The fourth-order valence-corrected chi connectivity index (χ4v) is 6.56. The molecule has 42 heavy (non-hydrogen) atoms. The van der Waals surface area contributed by atoms with Crippen LogP contribution in [0.3, 0.4) is 0 Å². The first-order chi connectivity index (χ1) is 20.0. The van der Waals surface area contributed by atoms with Gasteiger partial charge in [-0.15, -0.1) is 0 Å². The van der Waals surface area contributed by atoms with E-state index in [1.165, 1.54) is 11.1 Å². The van der Waals surface area contributed by atoms with Crippen LogP contribution in [0.2, 0.25) is 10.0 Å². The molecule has 0 unspecified atom stereocenters. The molecule has 1 fully saturated rings. The SMILES string of the molecule is [C-]#[N+]c1cccc(-c2ccc3c(c2)CCN(CC(=O)Nc2cc(Cl)cc(Cl)c2)C32CCN(C(=O)OC(C)(C)C)CC2)c1. The molecule has 0 aliphatic carbocycles. The van der Waals surface area contributed by atoms with Crippen LogP contribution in [0, 0.1) is 6.57 Å². The Hall–Kier alpha value is -3.57. The third kappa shape index (κ3) is 6.57. The molecule has 3 aromatic rings. The number of carbonyl (C=O) groups excluding carboxylic acids is 2. The summed E-state index contributed by atoms with van der Waals surface area (Å²) in [7, 11) is 0. The first-order valence-electron chi connectivity index (χ1n) is 14.1. The van der Waals surface area contributed by atoms with Crippen LogP contribution in [0.25, 0.3) is 16.0 Å². The number of benzene rings is 3. The summed E-state index contributed by atoms with van der Waals surface area (Å²) in [6.45, 7) is 14.9. The Bertz CT molecular complexity index is 1530. The highest BCUT2D eigenvalue weighted by molar-refractivity contribution is 6.35. The highest BCUT2D eigenvalue weighted by Gasteiger charge is 2.46. The van der Waals surface area contributed by atoms with Crippen molar-refractivity contribution < 1.29 is 14.3 Å². The lowest BCUT2D eigenvalue weighted by atomic mass is 9.73. The van der Waals surface area contributed by atoms with E-state index in [4.69, 9.17) is 34.5 Å². The number of piperidine rings is 1. The zero-order chi connectivity index (χ0) is 30.1. The standard InChI is InChI=1S/C33H34Cl2N4O3/c1-32(2,3)42-31(41)38-14-11-33(12-15-38)29-9-8-23(22-6-5-7-27(17-22)36-4)16-24(29)10-13-39(33)21-30(40)37-28-19-25(34)18-26(35)20-28/h5-9,16-20H,10-15,21H2,1-3H3,(H,37,40). The average molecular weight is 606 g/mol. The van der Waals surface area contributed by atoms with Crippen molar-refractivity contribution >= 4 is 46.6 Å². The fourth-order valence-electron chi connectivity index (χ4n) is 6.03. The quantitative estimate of drug-likeness (QED) is 0.307. The number of ether oxygens (including phenoxy) is 1. The van der Waals surface area contributed by atoms with Gasteiger partial charge in [-0.2, -0.15) is 0 Å². The van der Waals surface area contributed by atoms with Crippen LogP contribution < -0.4 is 5.32 Å². The van der Waals surface area contributed by atoms with E-state index in [0.29, 0.717) is 53.9 Å². The molecule has 0 atom stereocenters. The third-order valence-electron chi connectivity index (χ3n) is 7.89. The molecule has 1 spiro atoms. The lowest BCUT2D eigenvalue weighted by molar-refractivity contribution is -0.120. The van der Waals surface area contributed by atoms with Crippen LogP contribution in [0.15, 0.2) is 60.7 Å². The van der Waals surface area contributed by atoms with Gasteiger partial charge in [0.05, 0.1) is 18.7 Å². The molecule has 3 aromatic carbocycles. The Morgan fingerprint density at radius 1 is 0.976 bits per heavy atom. The third-order valence-corrected chi connectivity index (χ3v) is 8.33. The predicted molar refractivity (Wildman–Crippen MR) is 167 cm³/mol. The number of anilines is 1. The van der Waals surface area contributed by atoms with E-state index in [1.807, 2.05) is 45.0 Å². The number of nitrogens with one attached hydrogen (secondary N) is 1. The summed E-state index contributed by atoms with van der Waals surface area (Å²) in [6.07, 6.45) is 1.80. The summed E-state index contributed by atoms with van der Waals surface area (Å²) in [5, 5.41) is 3.86. The number of hydrogen-bond donors (Lipinski definition) is 1. The van der Waals surface area contributed by atoms with E-state index in [2.05, 4.69) is 33.3 Å². The van der Waals surface area contributed by atoms with Crippen molar-refractivity contribution in [2.45, 2.75) is 51.2 Å². The minimum Gasteiger partial charge on any atom is -0.444 e. The molecule has 1 saturated heterocycles. The van der Waals surface area contributed by atoms with E-state index in [-0.39, 0.29) is 18.5 Å². The topological polar surface area (TPSA) is 66.2 Å². The number of likely N-dealkylation sites (tertiary alicyclic amines) is 1. The van der Waals surface area contributed by atoms with Crippen LogP contribution in [0.1, 0.15) is 44.7 Å². The van der Waals surface area contributed by atoms with Crippen LogP contribution in [0.4, 0.5) is 16.2 Å². The smallest absolute Gasteiger partial charge is 0.410 e. The molecule has 2 heterocycles. The molecule has 9 heteroatoms. The van der Waals surface area contributed by atoms with Gasteiger partial charge in [0, 0.05) is 35.4 Å². The number of halogens is 2. The van der Waals surface area contributed by atoms with Crippen LogP contribution in [0.5, 0.6) is 0 Å². The Labute approximate surface area is 257 Å². The molecule has 0 saturated carbocycles. The molecule has 2 amide bonds. The molecular weight excluding hydrogens is 571 g/mol. The molecule has 7 nitrogen and oxygen atoms in total. The van der Waals surface area contributed by atoms with Crippen molar-refractivity contribution in [1.82, 2.24) is 9.80 Å². The summed E-state index contributed by atoms with van der Waals surface area (Å²) in [4.78, 5) is 33.8. The number of amides is 2. The Kier molecular flexibility index (Phi) is 8.52. The number of carbonyl (C=O) groups is 2. The van der Waals surface area contributed by atoms with E-state index in [9.17, 15) is 9.59 Å².